The Bertz CT molecular complexity index is 1500. The molecule has 1 N–H and O–H groups in total. The van der Waals surface area contributed by atoms with E-state index in [0.29, 0.717) is 43.9 Å². The summed E-state index contributed by atoms with van der Waals surface area (Å²) < 4.78 is 22.4. The first-order valence-corrected chi connectivity index (χ1v) is 18.3. The number of likely N-dealkylation sites (tertiary alicyclic amines) is 1. The normalized spacial score (nSPS) is 20.2. The number of anilines is 1. The van der Waals surface area contributed by atoms with E-state index in [2.05, 4.69) is 34.5 Å². The fraction of sp³-hybridized carbons (Fsp3) is 0.512. The number of hydrogen-bond donors (Lipinski definition) is 1. The lowest BCUT2D eigenvalue weighted by atomic mass is 10.0. The first-order chi connectivity index (χ1) is 24.5. The molecule has 50 heavy (non-hydrogen) atoms. The molecule has 0 radical (unpaired) electrons. The molecule has 3 aromatic carbocycles. The molecule has 3 fully saturated rings. The summed E-state index contributed by atoms with van der Waals surface area (Å²) in [6, 6.07) is 26.8. The second-order valence-electron chi connectivity index (χ2n) is 14.1. The number of ether oxygens (including phenoxy) is 4. The van der Waals surface area contributed by atoms with Gasteiger partial charge in [0.15, 0.2) is 6.29 Å². The molecule has 2 amide bonds. The maximum atomic E-state index is 12.9. The van der Waals surface area contributed by atoms with E-state index in [1.165, 1.54) is 24.0 Å². The van der Waals surface area contributed by atoms with Crippen LogP contribution in [0.2, 0.25) is 0 Å². The minimum atomic E-state index is -0.401. The van der Waals surface area contributed by atoms with Crippen molar-refractivity contribution in [3.05, 3.63) is 90.0 Å². The van der Waals surface area contributed by atoms with Crippen molar-refractivity contribution in [1.82, 2.24) is 9.80 Å². The van der Waals surface area contributed by atoms with Crippen LogP contribution in [-0.2, 0) is 36.6 Å². The summed E-state index contributed by atoms with van der Waals surface area (Å²) in [5, 5.41) is 2.99. The van der Waals surface area contributed by atoms with Crippen LogP contribution in [0.5, 0.6) is 0 Å². The van der Waals surface area contributed by atoms with Gasteiger partial charge in [0, 0.05) is 46.0 Å². The Morgan fingerprint density at radius 3 is 2.18 bits per heavy atom. The molecular formula is C41H53N3O6. The smallest absolute Gasteiger partial charge is 0.411 e. The zero-order valence-corrected chi connectivity index (χ0v) is 29.6. The number of amides is 2. The van der Waals surface area contributed by atoms with Gasteiger partial charge in [0.2, 0.25) is 5.91 Å². The number of para-hydroxylation sites is 1. The SMILES string of the molecule is COC(CN(CC1CC1)C(=O)CCOCCc1ccc(CCN2CC3CC(OC(=O)Nc4ccccc4-c4ccccc4)C[C@@H]3C2)cc1)OC. The first kappa shape index (κ1) is 36.0. The molecule has 1 heterocycles. The molecule has 2 unspecified atom stereocenters. The molecule has 3 aliphatic rings. The summed E-state index contributed by atoms with van der Waals surface area (Å²) >= 11 is 0. The fourth-order valence-corrected chi connectivity index (χ4v) is 7.46. The van der Waals surface area contributed by atoms with E-state index in [-0.39, 0.29) is 18.1 Å². The van der Waals surface area contributed by atoms with Gasteiger partial charge < -0.3 is 28.7 Å². The van der Waals surface area contributed by atoms with E-state index in [0.717, 1.165) is 68.7 Å². The molecule has 9 nitrogen and oxygen atoms in total. The van der Waals surface area contributed by atoms with Crippen LogP contribution < -0.4 is 5.32 Å². The second-order valence-corrected chi connectivity index (χ2v) is 14.1. The Hall–Kier alpha value is -3.76. The van der Waals surface area contributed by atoms with Gasteiger partial charge in [-0.2, -0.15) is 0 Å². The average Bonchev–Trinajstić information content (AvgIpc) is 3.77. The van der Waals surface area contributed by atoms with Crippen LogP contribution >= 0.6 is 0 Å². The highest BCUT2D eigenvalue weighted by Gasteiger charge is 2.42. The lowest BCUT2D eigenvalue weighted by Crippen LogP contribution is -2.40. The molecule has 1 aliphatic heterocycles. The maximum Gasteiger partial charge on any atom is 0.411 e. The number of rotatable bonds is 18. The zero-order valence-electron chi connectivity index (χ0n) is 29.6. The molecule has 3 aromatic rings. The van der Waals surface area contributed by atoms with E-state index in [1.807, 2.05) is 59.5 Å². The van der Waals surface area contributed by atoms with E-state index < -0.39 is 6.29 Å². The third-order valence-electron chi connectivity index (χ3n) is 10.5. The van der Waals surface area contributed by atoms with Crippen LogP contribution in [0.3, 0.4) is 0 Å². The Kier molecular flexibility index (Phi) is 12.9. The number of carbonyl (C=O) groups is 2. The largest absolute Gasteiger partial charge is 0.446 e. The van der Waals surface area contributed by atoms with Gasteiger partial charge in [-0.05, 0) is 79.0 Å². The standard InChI is InChI=1S/C41H53N3O6/c1-47-40(48-2)29-44(26-32-16-17-32)39(45)20-23-49-22-19-31-14-12-30(13-15-31)18-21-43-27-34-24-36(25-35(34)28-43)50-41(46)42-38-11-7-6-10-37(38)33-8-4-3-5-9-33/h3-15,32,34-36,40H,16-29H2,1-2H3,(H,42,46)/t34-,35?,36?/m1/s1. The summed E-state index contributed by atoms with van der Waals surface area (Å²) in [6.45, 7) is 5.42. The number of benzene rings is 3. The third-order valence-corrected chi connectivity index (χ3v) is 10.5. The quantitative estimate of drug-likeness (QED) is 0.119. The van der Waals surface area contributed by atoms with Gasteiger partial charge in [-0.15, -0.1) is 0 Å². The molecule has 3 atom stereocenters. The van der Waals surface area contributed by atoms with Crippen LogP contribution in [0.25, 0.3) is 11.1 Å². The van der Waals surface area contributed by atoms with Crippen molar-refractivity contribution in [3.8, 4) is 11.1 Å². The van der Waals surface area contributed by atoms with Gasteiger partial charge in [-0.1, -0.05) is 72.8 Å². The van der Waals surface area contributed by atoms with Gasteiger partial charge in [-0.3, -0.25) is 10.1 Å². The highest BCUT2D eigenvalue weighted by Crippen LogP contribution is 2.40. The molecule has 2 saturated carbocycles. The summed E-state index contributed by atoms with van der Waals surface area (Å²) in [6.07, 6.45) is 5.66. The number of nitrogens with one attached hydrogen (secondary N) is 1. The lowest BCUT2D eigenvalue weighted by Gasteiger charge is -2.26. The summed E-state index contributed by atoms with van der Waals surface area (Å²) in [4.78, 5) is 30.1. The van der Waals surface area contributed by atoms with Gasteiger partial charge in [0.05, 0.1) is 31.9 Å². The monoisotopic (exact) mass is 683 g/mol. The summed E-state index contributed by atoms with van der Waals surface area (Å²) in [5.74, 6) is 1.86. The van der Waals surface area contributed by atoms with Crippen molar-refractivity contribution in [2.24, 2.45) is 17.8 Å². The Labute approximate surface area is 297 Å². The molecule has 2 aliphatic carbocycles. The predicted octanol–water partition coefficient (Wildman–Crippen LogP) is 6.66. The highest BCUT2D eigenvalue weighted by molar-refractivity contribution is 5.91. The predicted molar refractivity (Wildman–Crippen MR) is 195 cm³/mol. The summed E-state index contributed by atoms with van der Waals surface area (Å²) in [5.41, 5.74) is 5.40. The van der Waals surface area contributed by atoms with E-state index >= 15 is 0 Å². The van der Waals surface area contributed by atoms with Crippen LogP contribution in [0, 0.1) is 17.8 Å². The molecule has 0 spiro atoms. The first-order valence-electron chi connectivity index (χ1n) is 18.3. The minimum Gasteiger partial charge on any atom is -0.446 e. The number of carbonyl (C=O) groups excluding carboxylic acids is 2. The second kappa shape index (κ2) is 17.9. The topological polar surface area (TPSA) is 89.6 Å². The van der Waals surface area contributed by atoms with Crippen molar-refractivity contribution >= 4 is 17.7 Å². The van der Waals surface area contributed by atoms with Crippen molar-refractivity contribution < 1.29 is 28.5 Å². The Balaban J connectivity index is 0.851. The Morgan fingerprint density at radius 1 is 0.840 bits per heavy atom. The van der Waals surface area contributed by atoms with Gasteiger partial charge in [-0.25, -0.2) is 4.79 Å². The van der Waals surface area contributed by atoms with Crippen LogP contribution in [0.1, 0.15) is 43.2 Å². The molecule has 0 bridgehead atoms. The fourth-order valence-electron chi connectivity index (χ4n) is 7.46. The maximum absolute atomic E-state index is 12.9. The van der Waals surface area contributed by atoms with E-state index in [9.17, 15) is 9.59 Å². The van der Waals surface area contributed by atoms with Gasteiger partial charge in [0.25, 0.3) is 0 Å². The number of methoxy groups -OCH3 is 2. The summed E-state index contributed by atoms with van der Waals surface area (Å²) in [7, 11) is 3.21. The van der Waals surface area contributed by atoms with Crippen LogP contribution in [-0.4, -0.2) is 94.4 Å². The van der Waals surface area contributed by atoms with Crippen molar-refractivity contribution in [3.63, 3.8) is 0 Å². The molecule has 6 rings (SSSR count). The third kappa shape index (κ3) is 10.4. The van der Waals surface area contributed by atoms with Crippen LogP contribution in [0.4, 0.5) is 10.5 Å². The van der Waals surface area contributed by atoms with Crippen molar-refractivity contribution in [2.75, 3.05) is 65.5 Å². The molecule has 1 saturated heterocycles. The molecular weight excluding hydrogens is 630 g/mol. The Morgan fingerprint density at radius 2 is 1.50 bits per heavy atom. The van der Waals surface area contributed by atoms with E-state index in [1.54, 1.807) is 14.2 Å². The molecule has 268 valence electrons. The van der Waals surface area contributed by atoms with Crippen molar-refractivity contribution in [2.45, 2.75) is 57.3 Å². The molecule has 9 heteroatoms. The van der Waals surface area contributed by atoms with Gasteiger partial charge >= 0.3 is 6.09 Å². The number of hydrogen-bond acceptors (Lipinski definition) is 7. The average molecular weight is 684 g/mol. The highest BCUT2D eigenvalue weighted by atomic mass is 16.7. The van der Waals surface area contributed by atoms with Crippen molar-refractivity contribution in [1.29, 1.82) is 0 Å². The van der Waals surface area contributed by atoms with Gasteiger partial charge in [0.1, 0.15) is 6.10 Å². The zero-order chi connectivity index (χ0) is 34.7. The number of nitrogens with zero attached hydrogens (tertiary/aromatic N) is 2. The minimum absolute atomic E-state index is 0.0281. The lowest BCUT2D eigenvalue weighted by molar-refractivity contribution is -0.146. The number of fused-ring (bicyclic) bond motifs is 1. The van der Waals surface area contributed by atoms with E-state index in [4.69, 9.17) is 18.9 Å². The van der Waals surface area contributed by atoms with Crippen LogP contribution in [0.15, 0.2) is 78.9 Å². The molecule has 0 aromatic heterocycles.